The first kappa shape index (κ1) is 16.3. The van der Waals surface area contributed by atoms with Gasteiger partial charge in [-0.15, -0.1) is 10.2 Å². The zero-order valence-electron chi connectivity index (χ0n) is 12.1. The summed E-state index contributed by atoms with van der Waals surface area (Å²) in [4.78, 5) is 2.11. The summed E-state index contributed by atoms with van der Waals surface area (Å²) in [5, 5.41) is 10.8. The van der Waals surface area contributed by atoms with E-state index in [0.717, 1.165) is 0 Å². The van der Waals surface area contributed by atoms with Gasteiger partial charge < -0.3 is 14.2 Å². The van der Waals surface area contributed by atoms with Crippen LogP contribution in [0.4, 0.5) is 13.2 Å². The van der Waals surface area contributed by atoms with Crippen molar-refractivity contribution < 1.29 is 22.4 Å². The van der Waals surface area contributed by atoms with E-state index in [1.807, 2.05) is 0 Å². The molecule has 0 radical (unpaired) electrons. The van der Waals surface area contributed by atoms with Crippen molar-refractivity contribution in [2.45, 2.75) is 19.2 Å². The number of benzene rings is 1. The number of hydrogen-bond donors (Lipinski definition) is 1. The van der Waals surface area contributed by atoms with Crippen LogP contribution in [0, 0.1) is 0 Å². The number of rotatable bonds is 4. The van der Waals surface area contributed by atoms with E-state index in [2.05, 4.69) is 20.3 Å². The first-order valence-electron chi connectivity index (χ1n) is 6.71. The van der Waals surface area contributed by atoms with Crippen LogP contribution in [0.25, 0.3) is 11.3 Å². The zero-order chi connectivity index (χ0) is 17.3. The van der Waals surface area contributed by atoms with Crippen LogP contribution in [0.3, 0.4) is 0 Å². The molecular weight excluding hydrogens is 349 g/mol. The smallest absolute Gasteiger partial charge is 0.451 e. The number of ether oxygens (including phenoxy) is 1. The van der Waals surface area contributed by atoms with Crippen molar-refractivity contribution in [1.82, 2.24) is 20.3 Å². The van der Waals surface area contributed by atoms with E-state index in [-0.39, 0.29) is 5.82 Å². The molecule has 0 bridgehead atoms. The second kappa shape index (κ2) is 6.16. The molecule has 1 atom stereocenters. The van der Waals surface area contributed by atoms with Gasteiger partial charge in [-0.25, -0.2) is 0 Å². The topological polar surface area (TPSA) is 76.8 Å². The molecule has 126 valence electrons. The standard InChI is InChI=1S/C14H10ClF3N4O2/c1-7(12-19-13(21-20-12)14(16,17)18)24-11-3-2-8(15)6-9(11)10-4-5-23-22-10/h2-7H,1H3,(H,19,20,21)/t7-/m0/s1. The Bertz CT molecular complexity index is 833. The lowest BCUT2D eigenvalue weighted by atomic mass is 10.1. The van der Waals surface area contributed by atoms with Crippen LogP contribution < -0.4 is 4.74 Å². The highest BCUT2D eigenvalue weighted by Crippen LogP contribution is 2.34. The molecule has 6 nitrogen and oxygen atoms in total. The van der Waals surface area contributed by atoms with Crippen LogP contribution in [0.2, 0.25) is 5.02 Å². The average molecular weight is 359 g/mol. The lowest BCUT2D eigenvalue weighted by Crippen LogP contribution is -2.09. The van der Waals surface area contributed by atoms with Crippen molar-refractivity contribution in [3.05, 3.63) is 47.2 Å². The molecule has 1 aromatic carbocycles. The second-order valence-electron chi connectivity index (χ2n) is 4.84. The van der Waals surface area contributed by atoms with Crippen molar-refractivity contribution >= 4 is 11.6 Å². The largest absolute Gasteiger partial charge is 0.482 e. The van der Waals surface area contributed by atoms with E-state index in [4.69, 9.17) is 20.9 Å². The molecule has 3 aromatic rings. The molecule has 24 heavy (non-hydrogen) atoms. The second-order valence-corrected chi connectivity index (χ2v) is 5.28. The van der Waals surface area contributed by atoms with Gasteiger partial charge in [0.2, 0.25) is 5.82 Å². The molecule has 0 spiro atoms. The monoisotopic (exact) mass is 358 g/mol. The van der Waals surface area contributed by atoms with E-state index in [1.54, 1.807) is 31.2 Å². The Hall–Kier alpha value is -2.55. The summed E-state index contributed by atoms with van der Waals surface area (Å²) in [5.41, 5.74) is 1.02. The maximum atomic E-state index is 12.6. The Kier molecular flexibility index (Phi) is 4.18. The molecule has 10 heteroatoms. The highest BCUT2D eigenvalue weighted by atomic mass is 35.5. The summed E-state index contributed by atoms with van der Waals surface area (Å²) in [6, 6.07) is 6.40. The van der Waals surface area contributed by atoms with Crippen LogP contribution >= 0.6 is 11.6 Å². The van der Waals surface area contributed by atoms with Crippen molar-refractivity contribution in [3.8, 4) is 17.0 Å². The van der Waals surface area contributed by atoms with Crippen LogP contribution in [0.15, 0.2) is 35.1 Å². The predicted octanol–water partition coefficient (Wildman–Crippen LogP) is 4.27. The van der Waals surface area contributed by atoms with E-state index < -0.39 is 18.1 Å². The zero-order valence-corrected chi connectivity index (χ0v) is 12.9. The number of nitrogens with one attached hydrogen (secondary N) is 1. The quantitative estimate of drug-likeness (QED) is 0.753. The maximum absolute atomic E-state index is 12.6. The summed E-state index contributed by atoms with van der Waals surface area (Å²) in [6.07, 6.45) is -4.02. The van der Waals surface area contributed by atoms with Gasteiger partial charge in [0.1, 0.15) is 17.7 Å². The van der Waals surface area contributed by atoms with Crippen molar-refractivity contribution in [2.24, 2.45) is 0 Å². The third kappa shape index (κ3) is 3.35. The third-order valence-electron chi connectivity index (χ3n) is 3.12. The minimum absolute atomic E-state index is 0.0524. The highest BCUT2D eigenvalue weighted by Gasteiger charge is 2.36. The van der Waals surface area contributed by atoms with Gasteiger partial charge in [0, 0.05) is 16.7 Å². The third-order valence-corrected chi connectivity index (χ3v) is 3.35. The first-order valence-corrected chi connectivity index (χ1v) is 7.09. The van der Waals surface area contributed by atoms with Gasteiger partial charge in [-0.2, -0.15) is 13.2 Å². The minimum Gasteiger partial charge on any atom is -0.482 e. The fraction of sp³-hybridized carbons (Fsp3) is 0.214. The molecule has 0 saturated heterocycles. The van der Waals surface area contributed by atoms with Crippen LogP contribution in [0.1, 0.15) is 24.7 Å². The number of H-pyrrole nitrogens is 1. The highest BCUT2D eigenvalue weighted by molar-refractivity contribution is 6.30. The lowest BCUT2D eigenvalue weighted by Gasteiger charge is -2.15. The molecular formula is C14H10ClF3N4O2. The van der Waals surface area contributed by atoms with Gasteiger partial charge in [-0.1, -0.05) is 16.8 Å². The molecule has 0 fully saturated rings. The number of alkyl halides is 3. The van der Waals surface area contributed by atoms with Crippen molar-refractivity contribution in [1.29, 1.82) is 0 Å². The Morgan fingerprint density at radius 3 is 2.67 bits per heavy atom. The number of aromatic nitrogens is 4. The number of nitrogens with zero attached hydrogens (tertiary/aromatic N) is 3. The van der Waals surface area contributed by atoms with E-state index in [1.165, 1.54) is 6.26 Å². The van der Waals surface area contributed by atoms with Gasteiger partial charge in [-0.3, -0.25) is 0 Å². The van der Waals surface area contributed by atoms with E-state index >= 15 is 0 Å². The van der Waals surface area contributed by atoms with Crippen molar-refractivity contribution in [3.63, 3.8) is 0 Å². The molecule has 0 amide bonds. The van der Waals surface area contributed by atoms with Gasteiger partial charge in [0.15, 0.2) is 11.9 Å². The van der Waals surface area contributed by atoms with Gasteiger partial charge in [0.25, 0.3) is 0 Å². The fourth-order valence-electron chi connectivity index (χ4n) is 1.99. The first-order chi connectivity index (χ1) is 11.3. The van der Waals surface area contributed by atoms with E-state index in [9.17, 15) is 13.2 Å². The summed E-state index contributed by atoms with van der Waals surface area (Å²) >= 11 is 5.97. The van der Waals surface area contributed by atoms with E-state index in [0.29, 0.717) is 22.0 Å². The molecule has 0 unspecified atom stereocenters. The Labute approximate surface area is 138 Å². The summed E-state index contributed by atoms with van der Waals surface area (Å²) in [6.45, 7) is 1.54. The maximum Gasteiger partial charge on any atom is 0.451 e. The predicted molar refractivity (Wildman–Crippen MR) is 77.4 cm³/mol. The van der Waals surface area contributed by atoms with Crippen molar-refractivity contribution in [2.75, 3.05) is 0 Å². The van der Waals surface area contributed by atoms with Crippen LogP contribution in [-0.2, 0) is 6.18 Å². The Balaban J connectivity index is 1.87. The fourth-order valence-corrected chi connectivity index (χ4v) is 2.16. The average Bonchev–Trinajstić information content (AvgIpc) is 3.19. The minimum atomic E-state index is -4.60. The summed E-state index contributed by atoms with van der Waals surface area (Å²) in [5.74, 6) is -0.866. The lowest BCUT2D eigenvalue weighted by molar-refractivity contribution is -0.144. The Morgan fingerprint density at radius 2 is 2.04 bits per heavy atom. The molecule has 0 saturated carbocycles. The number of halogens is 4. The Morgan fingerprint density at radius 1 is 1.25 bits per heavy atom. The number of hydrogen-bond acceptors (Lipinski definition) is 5. The normalized spacial score (nSPS) is 13.0. The number of aromatic amines is 1. The SMILES string of the molecule is C[C@H](Oc1ccc(Cl)cc1-c1ccon1)c1nnc(C(F)(F)F)[nH]1. The molecule has 3 rings (SSSR count). The molecule has 2 aromatic heterocycles. The molecule has 0 aliphatic rings. The van der Waals surface area contributed by atoms with Gasteiger partial charge in [0.05, 0.1) is 0 Å². The molecule has 1 N–H and O–H groups in total. The van der Waals surface area contributed by atoms with Crippen LogP contribution in [-0.4, -0.2) is 20.3 Å². The van der Waals surface area contributed by atoms with Gasteiger partial charge >= 0.3 is 6.18 Å². The molecule has 0 aliphatic carbocycles. The van der Waals surface area contributed by atoms with Gasteiger partial charge in [-0.05, 0) is 25.1 Å². The van der Waals surface area contributed by atoms with Crippen LogP contribution in [0.5, 0.6) is 5.75 Å². The summed E-state index contributed by atoms with van der Waals surface area (Å²) < 4.78 is 48.2. The summed E-state index contributed by atoms with van der Waals surface area (Å²) in [7, 11) is 0. The molecule has 0 aliphatic heterocycles. The molecule has 2 heterocycles.